The summed E-state index contributed by atoms with van der Waals surface area (Å²) in [6.45, 7) is 12.8. The van der Waals surface area contributed by atoms with Gasteiger partial charge in [-0.05, 0) is 30.5 Å². The molecule has 4 N–H and O–H groups in total. The fraction of sp³-hybridized carbons (Fsp3) is 0.462. The van der Waals surface area contributed by atoms with Crippen molar-refractivity contribution in [3.8, 4) is 6.07 Å². The third-order valence-corrected chi connectivity index (χ3v) is 6.61. The van der Waals surface area contributed by atoms with Gasteiger partial charge in [0, 0.05) is 29.5 Å². The van der Waals surface area contributed by atoms with Crippen molar-refractivity contribution >= 4 is 46.3 Å². The standard InChI is InChI=1S/C26H35N5O4S/c1-8-31-22(34)19(14-28-16-10-9-11-17(12-16)29-24(35)26(5,6)7)36-23(31)18(13-27)21(33)30-20(15-32)25(2,3)4/h9-12,14,20,28,32H,8,15H2,1-7H3,(H,29,35)(H,30,33)/b19-14+,23-18-/t20-/m1/s1. The molecule has 0 saturated carbocycles. The molecule has 0 unspecified atom stereocenters. The van der Waals surface area contributed by atoms with Crippen LogP contribution in [0.5, 0.6) is 0 Å². The molecule has 2 aromatic rings. The first kappa shape index (κ1) is 28.8. The van der Waals surface area contributed by atoms with E-state index >= 15 is 0 Å². The van der Waals surface area contributed by atoms with E-state index < -0.39 is 22.8 Å². The Bertz CT molecular complexity index is 1340. The van der Waals surface area contributed by atoms with E-state index in [1.165, 1.54) is 10.8 Å². The van der Waals surface area contributed by atoms with E-state index in [1.807, 2.05) is 47.6 Å². The van der Waals surface area contributed by atoms with Crippen molar-refractivity contribution in [3.63, 3.8) is 0 Å². The predicted molar refractivity (Wildman–Crippen MR) is 144 cm³/mol. The zero-order valence-corrected chi connectivity index (χ0v) is 22.7. The first-order valence-electron chi connectivity index (χ1n) is 11.7. The van der Waals surface area contributed by atoms with Crippen LogP contribution in [0.1, 0.15) is 48.5 Å². The van der Waals surface area contributed by atoms with Crippen molar-refractivity contribution in [2.45, 2.75) is 61.1 Å². The van der Waals surface area contributed by atoms with Gasteiger partial charge in [-0.25, -0.2) is 0 Å². The first-order valence-corrected chi connectivity index (χ1v) is 12.5. The molecule has 36 heavy (non-hydrogen) atoms. The lowest BCUT2D eigenvalue weighted by Crippen LogP contribution is -2.47. The molecule has 194 valence electrons. The monoisotopic (exact) mass is 513 g/mol. The van der Waals surface area contributed by atoms with Crippen molar-refractivity contribution in [2.75, 3.05) is 17.2 Å². The van der Waals surface area contributed by atoms with Crippen LogP contribution in [0.15, 0.2) is 29.1 Å². The van der Waals surface area contributed by atoms with E-state index in [2.05, 4.69) is 16.0 Å². The average Bonchev–Trinajstić information content (AvgIpc) is 3.10. The zero-order chi connectivity index (χ0) is 27.3. The van der Waals surface area contributed by atoms with Crippen LogP contribution in [0.4, 0.5) is 11.4 Å². The summed E-state index contributed by atoms with van der Waals surface area (Å²) >= 11 is 1.03. The number of aliphatic hydroxyl groups is 1. The summed E-state index contributed by atoms with van der Waals surface area (Å²) in [5.41, 5.74) is -0.225. The number of nitrogens with zero attached hydrogens (tertiary/aromatic N) is 2. The van der Waals surface area contributed by atoms with Crippen LogP contribution in [-0.4, -0.2) is 34.1 Å². The van der Waals surface area contributed by atoms with Crippen LogP contribution in [0.3, 0.4) is 0 Å². The molecule has 1 aromatic carbocycles. The number of rotatable bonds is 7. The topological polar surface area (TPSA) is 136 Å². The van der Waals surface area contributed by atoms with Gasteiger partial charge in [-0.2, -0.15) is 5.26 Å². The Hall–Kier alpha value is -3.42. The highest BCUT2D eigenvalue weighted by atomic mass is 32.1. The number of amides is 2. The van der Waals surface area contributed by atoms with Crippen molar-refractivity contribution in [1.82, 2.24) is 9.88 Å². The van der Waals surface area contributed by atoms with Crippen LogP contribution in [0.2, 0.25) is 0 Å². The lowest BCUT2D eigenvalue weighted by molar-refractivity contribution is -0.123. The minimum Gasteiger partial charge on any atom is -0.394 e. The second kappa shape index (κ2) is 11.5. The summed E-state index contributed by atoms with van der Waals surface area (Å²) < 4.78 is 1.93. The predicted octanol–water partition coefficient (Wildman–Crippen LogP) is 1.96. The maximum atomic E-state index is 13.0. The number of benzene rings is 1. The summed E-state index contributed by atoms with van der Waals surface area (Å²) in [5.74, 6) is -0.762. The molecule has 10 heteroatoms. The molecule has 0 aliphatic heterocycles. The summed E-state index contributed by atoms with van der Waals surface area (Å²) in [6.07, 6.45) is 1.52. The smallest absolute Gasteiger partial charge is 0.270 e. The first-order chi connectivity index (χ1) is 16.7. The van der Waals surface area contributed by atoms with Gasteiger partial charge in [0.25, 0.3) is 11.5 Å². The van der Waals surface area contributed by atoms with E-state index in [0.717, 1.165) is 11.3 Å². The van der Waals surface area contributed by atoms with Crippen LogP contribution < -0.4 is 30.7 Å². The normalized spacial score (nSPS) is 14.0. The molecule has 1 atom stereocenters. The molecule has 1 heterocycles. The maximum absolute atomic E-state index is 13.0. The maximum Gasteiger partial charge on any atom is 0.270 e. The molecule has 0 fully saturated rings. The third kappa shape index (κ3) is 7.06. The largest absolute Gasteiger partial charge is 0.394 e. The number of aliphatic hydroxyl groups excluding tert-OH is 1. The highest BCUT2D eigenvalue weighted by molar-refractivity contribution is 7.07. The van der Waals surface area contributed by atoms with Gasteiger partial charge in [0.05, 0.1) is 12.6 Å². The molecule has 9 nitrogen and oxygen atoms in total. The van der Waals surface area contributed by atoms with Crippen molar-refractivity contribution in [1.29, 1.82) is 5.26 Å². The number of carbonyl (C=O) groups is 2. The minimum atomic E-state index is -0.642. The molecule has 1 aromatic heterocycles. The molecule has 0 aliphatic carbocycles. The van der Waals surface area contributed by atoms with Gasteiger partial charge in [0.2, 0.25) is 5.91 Å². The molecule has 0 radical (unpaired) electrons. The SMILES string of the molecule is CCn1c(=O)/c(=C\Nc2cccc(NC(=O)C(C)(C)C)c2)s/c1=C(/C#N)C(=O)N[C@H](CO)C(C)(C)C. The Morgan fingerprint density at radius 3 is 2.36 bits per heavy atom. The highest BCUT2D eigenvalue weighted by Gasteiger charge is 2.27. The van der Waals surface area contributed by atoms with Crippen LogP contribution in [0, 0.1) is 22.2 Å². The quantitative estimate of drug-likeness (QED) is 0.447. The molecule has 0 bridgehead atoms. The molecule has 0 spiro atoms. The fourth-order valence-electron chi connectivity index (χ4n) is 3.11. The zero-order valence-electron chi connectivity index (χ0n) is 21.9. The number of carbonyl (C=O) groups excluding carboxylic acids is 2. The molecule has 0 saturated heterocycles. The number of aromatic nitrogens is 1. The van der Waals surface area contributed by atoms with E-state index in [-0.39, 0.29) is 34.9 Å². The van der Waals surface area contributed by atoms with Gasteiger partial charge < -0.3 is 21.1 Å². The van der Waals surface area contributed by atoms with Crippen LogP contribution in [0.25, 0.3) is 11.8 Å². The second-order valence-electron chi connectivity index (χ2n) is 10.5. The number of thiazole rings is 1. The van der Waals surface area contributed by atoms with Crippen molar-refractivity contribution in [3.05, 3.63) is 43.8 Å². The molecular formula is C26H35N5O4S. The van der Waals surface area contributed by atoms with Gasteiger partial charge in [0.15, 0.2) is 5.57 Å². The molecule has 0 aliphatic rings. The number of hydrogen-bond donors (Lipinski definition) is 4. The van der Waals surface area contributed by atoms with E-state index in [1.54, 1.807) is 31.2 Å². The van der Waals surface area contributed by atoms with Gasteiger partial charge in [-0.3, -0.25) is 19.0 Å². The van der Waals surface area contributed by atoms with E-state index in [0.29, 0.717) is 15.9 Å². The summed E-state index contributed by atoms with van der Waals surface area (Å²) in [6, 6.07) is 8.44. The lowest BCUT2D eigenvalue weighted by Gasteiger charge is -2.29. The Labute approximate surface area is 215 Å². The van der Waals surface area contributed by atoms with Gasteiger partial charge in [-0.15, -0.1) is 11.3 Å². The van der Waals surface area contributed by atoms with Crippen LogP contribution in [-0.2, 0) is 16.1 Å². The van der Waals surface area contributed by atoms with Gasteiger partial charge >= 0.3 is 0 Å². The van der Waals surface area contributed by atoms with Crippen molar-refractivity contribution in [2.24, 2.45) is 10.8 Å². The van der Waals surface area contributed by atoms with E-state index in [4.69, 9.17) is 0 Å². The molecule has 2 amide bonds. The Kier molecular flexibility index (Phi) is 9.24. The fourth-order valence-corrected chi connectivity index (χ4v) is 4.20. The number of hydrogen-bond acceptors (Lipinski definition) is 7. The number of nitrogens with one attached hydrogen (secondary N) is 3. The third-order valence-electron chi connectivity index (χ3n) is 5.48. The Morgan fingerprint density at radius 2 is 1.83 bits per heavy atom. The summed E-state index contributed by atoms with van der Waals surface area (Å²) in [5, 5.41) is 28.1. The molecular weight excluding hydrogens is 478 g/mol. The lowest BCUT2D eigenvalue weighted by atomic mass is 9.87. The number of nitriles is 1. The minimum absolute atomic E-state index is 0.120. The van der Waals surface area contributed by atoms with Crippen LogP contribution >= 0.6 is 11.3 Å². The molecule has 2 rings (SSSR count). The van der Waals surface area contributed by atoms with Gasteiger partial charge in [-0.1, -0.05) is 47.6 Å². The summed E-state index contributed by atoms with van der Waals surface area (Å²) in [7, 11) is 0. The van der Waals surface area contributed by atoms with Crippen molar-refractivity contribution < 1.29 is 14.7 Å². The van der Waals surface area contributed by atoms with E-state index in [9.17, 15) is 24.8 Å². The Balaban J connectivity index is 2.45. The highest BCUT2D eigenvalue weighted by Crippen LogP contribution is 2.20. The summed E-state index contributed by atoms with van der Waals surface area (Å²) in [4.78, 5) is 38.2. The second-order valence-corrected chi connectivity index (χ2v) is 11.5. The Morgan fingerprint density at radius 1 is 1.19 bits per heavy atom. The average molecular weight is 514 g/mol. The number of anilines is 2. The van der Waals surface area contributed by atoms with Gasteiger partial charge in [0.1, 0.15) is 15.3 Å².